The molecular formula is C16H15ClO2. The second-order valence-electron chi connectivity index (χ2n) is 4.23. The van der Waals surface area contributed by atoms with Crippen LogP contribution in [0.2, 0.25) is 5.02 Å². The molecule has 0 aliphatic carbocycles. The van der Waals surface area contributed by atoms with E-state index in [9.17, 15) is 4.79 Å². The summed E-state index contributed by atoms with van der Waals surface area (Å²) in [5.41, 5.74) is 1.76. The molecule has 0 spiro atoms. The summed E-state index contributed by atoms with van der Waals surface area (Å²) < 4.78 is 5.61. The third kappa shape index (κ3) is 4.11. The fourth-order valence-electron chi connectivity index (χ4n) is 1.83. The predicted octanol–water partition coefficient (Wildman–Crippen LogP) is 4.16. The number of rotatable bonds is 6. The van der Waals surface area contributed by atoms with Crippen LogP contribution >= 0.6 is 11.6 Å². The molecule has 0 saturated heterocycles. The van der Waals surface area contributed by atoms with E-state index in [1.807, 2.05) is 36.4 Å². The van der Waals surface area contributed by atoms with E-state index in [1.54, 1.807) is 12.1 Å². The van der Waals surface area contributed by atoms with E-state index in [0.717, 1.165) is 35.5 Å². The van der Waals surface area contributed by atoms with Crippen LogP contribution in [-0.2, 0) is 6.42 Å². The van der Waals surface area contributed by atoms with E-state index in [1.165, 1.54) is 0 Å². The van der Waals surface area contributed by atoms with Gasteiger partial charge in [0.1, 0.15) is 12.0 Å². The highest BCUT2D eigenvalue weighted by Crippen LogP contribution is 2.17. The molecule has 3 heteroatoms. The summed E-state index contributed by atoms with van der Waals surface area (Å²) in [4.78, 5) is 10.6. The first-order valence-corrected chi connectivity index (χ1v) is 6.59. The Morgan fingerprint density at radius 1 is 1.11 bits per heavy atom. The maximum Gasteiger partial charge on any atom is 0.150 e. The van der Waals surface area contributed by atoms with E-state index in [0.29, 0.717) is 12.2 Å². The average Bonchev–Trinajstić information content (AvgIpc) is 2.45. The molecule has 98 valence electrons. The lowest BCUT2D eigenvalue weighted by Crippen LogP contribution is -2.00. The van der Waals surface area contributed by atoms with Crippen molar-refractivity contribution < 1.29 is 9.53 Å². The molecule has 0 heterocycles. The molecule has 2 aromatic carbocycles. The highest BCUT2D eigenvalue weighted by molar-refractivity contribution is 6.31. The van der Waals surface area contributed by atoms with Gasteiger partial charge in [-0.05, 0) is 36.6 Å². The largest absolute Gasteiger partial charge is 0.494 e. The number of hydrogen-bond acceptors (Lipinski definition) is 2. The Hall–Kier alpha value is -1.80. The highest BCUT2D eigenvalue weighted by Gasteiger charge is 2.00. The van der Waals surface area contributed by atoms with Crippen molar-refractivity contribution in [1.29, 1.82) is 0 Å². The minimum atomic E-state index is 0.605. The van der Waals surface area contributed by atoms with Gasteiger partial charge in [-0.25, -0.2) is 0 Å². The fraction of sp³-hybridized carbons (Fsp3) is 0.188. The van der Waals surface area contributed by atoms with E-state index < -0.39 is 0 Å². The van der Waals surface area contributed by atoms with Crippen molar-refractivity contribution in [3.05, 3.63) is 64.7 Å². The third-order valence-electron chi connectivity index (χ3n) is 2.81. The van der Waals surface area contributed by atoms with E-state index in [2.05, 4.69) is 0 Å². The molecule has 0 bridgehead atoms. The number of carbonyl (C=O) groups is 1. The van der Waals surface area contributed by atoms with Gasteiger partial charge in [-0.15, -0.1) is 0 Å². The Kier molecular flexibility index (Phi) is 4.99. The molecule has 0 aliphatic heterocycles. The van der Waals surface area contributed by atoms with Crippen LogP contribution in [0.5, 0.6) is 5.75 Å². The quantitative estimate of drug-likeness (QED) is 0.584. The zero-order valence-electron chi connectivity index (χ0n) is 10.5. The minimum Gasteiger partial charge on any atom is -0.494 e. The Morgan fingerprint density at radius 3 is 2.74 bits per heavy atom. The second-order valence-corrected chi connectivity index (χ2v) is 4.64. The standard InChI is InChI=1S/C16H15ClO2/c17-16-9-2-1-6-14(16)7-4-10-19-15-8-3-5-13(11-15)12-18/h1-3,5-6,8-9,11-12H,4,7,10H2. The Balaban J connectivity index is 1.81. The molecule has 0 aliphatic rings. The number of ether oxygens (including phenoxy) is 1. The number of aryl methyl sites for hydroxylation is 1. The van der Waals surface area contributed by atoms with Crippen LogP contribution in [0.3, 0.4) is 0 Å². The molecule has 2 nitrogen and oxygen atoms in total. The van der Waals surface area contributed by atoms with E-state index in [-0.39, 0.29) is 0 Å². The highest BCUT2D eigenvalue weighted by atomic mass is 35.5. The predicted molar refractivity (Wildman–Crippen MR) is 77.1 cm³/mol. The lowest BCUT2D eigenvalue weighted by Gasteiger charge is -2.07. The summed E-state index contributed by atoms with van der Waals surface area (Å²) in [7, 11) is 0. The van der Waals surface area contributed by atoms with Gasteiger partial charge >= 0.3 is 0 Å². The van der Waals surface area contributed by atoms with Crippen LogP contribution in [0, 0.1) is 0 Å². The van der Waals surface area contributed by atoms with Crippen molar-refractivity contribution >= 4 is 17.9 Å². The summed E-state index contributed by atoms with van der Waals surface area (Å²) >= 11 is 6.08. The molecule has 2 aromatic rings. The SMILES string of the molecule is O=Cc1cccc(OCCCc2ccccc2Cl)c1. The Bertz CT molecular complexity index is 552. The van der Waals surface area contributed by atoms with Crippen LogP contribution < -0.4 is 4.74 Å². The van der Waals surface area contributed by atoms with Crippen molar-refractivity contribution in [3.8, 4) is 5.75 Å². The van der Waals surface area contributed by atoms with Crippen LogP contribution in [0.15, 0.2) is 48.5 Å². The Morgan fingerprint density at radius 2 is 1.95 bits per heavy atom. The van der Waals surface area contributed by atoms with Crippen LogP contribution in [0.1, 0.15) is 22.3 Å². The number of carbonyl (C=O) groups excluding carboxylic acids is 1. The first-order chi connectivity index (χ1) is 9.29. The summed E-state index contributed by atoms with van der Waals surface area (Å²) in [6, 6.07) is 15.0. The zero-order valence-corrected chi connectivity index (χ0v) is 11.3. The van der Waals surface area contributed by atoms with Gasteiger partial charge < -0.3 is 4.74 Å². The molecular weight excluding hydrogens is 260 g/mol. The van der Waals surface area contributed by atoms with Crippen molar-refractivity contribution in [1.82, 2.24) is 0 Å². The average molecular weight is 275 g/mol. The topological polar surface area (TPSA) is 26.3 Å². The summed E-state index contributed by atoms with van der Waals surface area (Å²) in [6.07, 6.45) is 2.58. The summed E-state index contributed by atoms with van der Waals surface area (Å²) in [6.45, 7) is 0.605. The molecule has 0 amide bonds. The van der Waals surface area contributed by atoms with Crippen LogP contribution in [0.4, 0.5) is 0 Å². The van der Waals surface area contributed by atoms with Crippen LogP contribution in [-0.4, -0.2) is 12.9 Å². The number of aldehydes is 1. The molecule has 0 fully saturated rings. The monoisotopic (exact) mass is 274 g/mol. The lowest BCUT2D eigenvalue weighted by molar-refractivity contribution is 0.112. The molecule has 0 saturated carbocycles. The number of hydrogen-bond donors (Lipinski definition) is 0. The maximum absolute atomic E-state index is 10.6. The molecule has 19 heavy (non-hydrogen) atoms. The molecule has 2 rings (SSSR count). The smallest absolute Gasteiger partial charge is 0.150 e. The van der Waals surface area contributed by atoms with Gasteiger partial charge in [0.2, 0.25) is 0 Å². The van der Waals surface area contributed by atoms with Gasteiger partial charge in [-0.1, -0.05) is 41.9 Å². The normalized spacial score (nSPS) is 10.2. The van der Waals surface area contributed by atoms with Gasteiger partial charge in [-0.3, -0.25) is 4.79 Å². The molecule has 0 atom stereocenters. The molecule has 0 aromatic heterocycles. The van der Waals surface area contributed by atoms with Gasteiger partial charge in [0.15, 0.2) is 0 Å². The number of halogens is 1. The maximum atomic E-state index is 10.6. The van der Waals surface area contributed by atoms with Crippen molar-refractivity contribution in [3.63, 3.8) is 0 Å². The minimum absolute atomic E-state index is 0.605. The van der Waals surface area contributed by atoms with E-state index >= 15 is 0 Å². The van der Waals surface area contributed by atoms with Crippen molar-refractivity contribution in [2.24, 2.45) is 0 Å². The Labute approximate surface area is 118 Å². The van der Waals surface area contributed by atoms with Gasteiger partial charge in [0, 0.05) is 10.6 Å². The van der Waals surface area contributed by atoms with Gasteiger partial charge in [0.05, 0.1) is 6.61 Å². The summed E-state index contributed by atoms with van der Waals surface area (Å²) in [5.74, 6) is 0.726. The summed E-state index contributed by atoms with van der Waals surface area (Å²) in [5, 5.41) is 0.797. The molecule has 0 radical (unpaired) electrons. The third-order valence-corrected chi connectivity index (χ3v) is 3.18. The van der Waals surface area contributed by atoms with Gasteiger partial charge in [0.25, 0.3) is 0 Å². The van der Waals surface area contributed by atoms with Crippen molar-refractivity contribution in [2.45, 2.75) is 12.8 Å². The van der Waals surface area contributed by atoms with Crippen LogP contribution in [0.25, 0.3) is 0 Å². The molecule has 0 unspecified atom stereocenters. The first-order valence-electron chi connectivity index (χ1n) is 6.21. The van der Waals surface area contributed by atoms with Gasteiger partial charge in [-0.2, -0.15) is 0 Å². The lowest BCUT2D eigenvalue weighted by atomic mass is 10.1. The number of benzene rings is 2. The zero-order chi connectivity index (χ0) is 13.5. The fourth-order valence-corrected chi connectivity index (χ4v) is 2.06. The van der Waals surface area contributed by atoms with Crippen molar-refractivity contribution in [2.75, 3.05) is 6.61 Å². The van der Waals surface area contributed by atoms with E-state index in [4.69, 9.17) is 16.3 Å². The first kappa shape index (κ1) is 13.6. The molecule has 0 N–H and O–H groups in total. The second kappa shape index (κ2) is 6.95.